The first-order valence-corrected chi connectivity index (χ1v) is 1.64. The van der Waals surface area contributed by atoms with Gasteiger partial charge in [0.2, 0.25) is 0 Å². The molecule has 0 aromatic carbocycles. The monoisotopic (exact) mass is 291 g/mol. The van der Waals surface area contributed by atoms with Crippen molar-refractivity contribution in [1.29, 1.82) is 0 Å². The van der Waals surface area contributed by atoms with Gasteiger partial charge >= 0.3 is 0 Å². The van der Waals surface area contributed by atoms with Crippen LogP contribution in [-0.4, -0.2) is 0 Å². The minimum atomic E-state index is 0. The summed E-state index contributed by atoms with van der Waals surface area (Å²) in [5.74, 6) is 0. The molecule has 0 atom stereocenters. The Morgan fingerprint density at radius 3 is 1.20 bits per heavy atom. The largest absolute Gasteiger partial charge is 0.0920 e. The molecule has 0 aliphatic heterocycles. The summed E-state index contributed by atoms with van der Waals surface area (Å²) in [5.41, 5.74) is 2.48. The number of hydrogen-bond donors (Lipinski definition) is 0. The van der Waals surface area contributed by atoms with Crippen molar-refractivity contribution in [3.05, 3.63) is 11.1 Å². The van der Waals surface area contributed by atoms with Crippen molar-refractivity contribution < 1.29 is 21.1 Å². The Balaban J connectivity index is 0. The molecule has 0 fully saturated rings. The van der Waals surface area contributed by atoms with Crippen LogP contribution in [0.15, 0.2) is 11.1 Å². The fraction of sp³-hybridized carbons (Fsp3) is 0. The van der Waals surface area contributed by atoms with Crippen molar-refractivity contribution in [3.63, 3.8) is 0 Å². The van der Waals surface area contributed by atoms with Crippen LogP contribution in [0.4, 0.5) is 0 Å². The van der Waals surface area contributed by atoms with Gasteiger partial charge in [0.05, 0.1) is 0 Å². The molecule has 0 aliphatic carbocycles. The van der Waals surface area contributed by atoms with Gasteiger partial charge in [0.1, 0.15) is 0 Å². The fourth-order valence-corrected chi connectivity index (χ4v) is 0. The summed E-state index contributed by atoms with van der Waals surface area (Å²) in [6.45, 7) is 0. The Kier molecular flexibility index (Phi) is 16.7. The van der Waals surface area contributed by atoms with Crippen molar-refractivity contribution in [2.75, 3.05) is 0 Å². The molecular formula is C2H2Cl2Pt. The third-order valence-electron chi connectivity index (χ3n) is 0.0476. The van der Waals surface area contributed by atoms with Crippen LogP contribution in [0.3, 0.4) is 0 Å². The number of hydrogen-bond acceptors (Lipinski definition) is 0. The Morgan fingerprint density at radius 2 is 1.20 bits per heavy atom. The molecule has 0 spiro atoms. The van der Waals surface area contributed by atoms with Gasteiger partial charge in [0, 0.05) is 32.1 Å². The van der Waals surface area contributed by atoms with Crippen LogP contribution >= 0.6 is 23.2 Å². The molecule has 0 nitrogen and oxygen atoms in total. The van der Waals surface area contributed by atoms with Crippen LogP contribution in [0.25, 0.3) is 0 Å². The Hall–Kier alpha value is 1.01. The van der Waals surface area contributed by atoms with E-state index in [0.717, 1.165) is 0 Å². The van der Waals surface area contributed by atoms with E-state index in [-0.39, 0.29) is 21.1 Å². The van der Waals surface area contributed by atoms with Gasteiger partial charge in [-0.3, -0.25) is 0 Å². The average molecular weight is 292 g/mol. The second kappa shape index (κ2) is 8.89. The van der Waals surface area contributed by atoms with E-state index < -0.39 is 0 Å². The van der Waals surface area contributed by atoms with Crippen molar-refractivity contribution in [2.24, 2.45) is 0 Å². The molecule has 0 rings (SSSR count). The maximum Gasteiger partial charge on any atom is 0.0156 e. The molecule has 0 bridgehead atoms. The molecule has 0 unspecified atom stereocenters. The molecule has 0 aliphatic rings. The third kappa shape index (κ3) is 11.2. The molecule has 0 aromatic heterocycles. The first-order valence-electron chi connectivity index (χ1n) is 0.770. The zero-order valence-corrected chi connectivity index (χ0v) is 6.01. The van der Waals surface area contributed by atoms with Crippen LogP contribution < -0.4 is 0 Å². The van der Waals surface area contributed by atoms with Crippen molar-refractivity contribution in [2.45, 2.75) is 0 Å². The third-order valence-corrected chi connectivity index (χ3v) is 0.429. The van der Waals surface area contributed by atoms with E-state index in [2.05, 4.69) is 0 Å². The zero-order valence-electron chi connectivity index (χ0n) is 2.23. The summed E-state index contributed by atoms with van der Waals surface area (Å²) in [4.78, 5) is 0. The average Bonchev–Trinajstić information content (AvgIpc) is 1.37. The van der Waals surface area contributed by atoms with Gasteiger partial charge in [-0.2, -0.15) is 0 Å². The van der Waals surface area contributed by atoms with E-state index in [0.29, 0.717) is 0 Å². The molecule has 0 aromatic rings. The van der Waals surface area contributed by atoms with Gasteiger partial charge in [-0.25, -0.2) is 0 Å². The molecule has 5 heavy (non-hydrogen) atoms. The minimum absolute atomic E-state index is 0. The van der Waals surface area contributed by atoms with Crippen molar-refractivity contribution >= 4 is 23.2 Å². The summed E-state index contributed by atoms with van der Waals surface area (Å²) in [7, 11) is 0. The van der Waals surface area contributed by atoms with E-state index in [1.165, 1.54) is 11.1 Å². The normalized spacial score (nSPS) is 7.60. The second-order valence-electron chi connectivity index (χ2n) is 0.252. The standard InChI is InChI=1S/C2H2Cl2.Pt/c3-1-2-4;/h1-2H;. The molecule has 0 radical (unpaired) electrons. The molecule has 3 heteroatoms. The molecule has 0 saturated carbocycles. The van der Waals surface area contributed by atoms with Crippen molar-refractivity contribution in [3.8, 4) is 0 Å². The van der Waals surface area contributed by atoms with E-state index >= 15 is 0 Å². The van der Waals surface area contributed by atoms with Crippen LogP contribution in [0.1, 0.15) is 0 Å². The Morgan fingerprint density at radius 1 is 1.00 bits per heavy atom. The van der Waals surface area contributed by atoms with E-state index in [1.54, 1.807) is 0 Å². The quantitative estimate of drug-likeness (QED) is 0.640. The maximum absolute atomic E-state index is 4.87. The molecule has 0 amide bonds. The SMILES string of the molecule is ClC=CCl.[Pt]. The topological polar surface area (TPSA) is 0 Å². The molecule has 0 N–H and O–H groups in total. The van der Waals surface area contributed by atoms with E-state index in [4.69, 9.17) is 23.2 Å². The van der Waals surface area contributed by atoms with Crippen LogP contribution in [0.5, 0.6) is 0 Å². The minimum Gasteiger partial charge on any atom is -0.0920 e. The Bertz CT molecular complexity index is 22.8. The van der Waals surface area contributed by atoms with Gasteiger partial charge < -0.3 is 0 Å². The van der Waals surface area contributed by atoms with Gasteiger partial charge in [-0.05, 0) is 0 Å². The first-order chi connectivity index (χ1) is 1.91. The predicted octanol–water partition coefficient (Wildman–Crippen LogP) is 1.93. The molecule has 0 saturated heterocycles. The predicted molar refractivity (Wildman–Crippen MR) is 20.8 cm³/mol. The summed E-state index contributed by atoms with van der Waals surface area (Å²) in [6, 6.07) is 0. The van der Waals surface area contributed by atoms with Crippen molar-refractivity contribution in [1.82, 2.24) is 0 Å². The van der Waals surface area contributed by atoms with Gasteiger partial charge in [-0.15, -0.1) is 0 Å². The molecular weight excluding hydrogens is 290 g/mol. The van der Waals surface area contributed by atoms with E-state index in [9.17, 15) is 0 Å². The first kappa shape index (κ1) is 9.38. The van der Waals surface area contributed by atoms with Gasteiger partial charge in [0.25, 0.3) is 0 Å². The van der Waals surface area contributed by atoms with Crippen LogP contribution in [-0.2, 0) is 21.1 Å². The zero-order chi connectivity index (χ0) is 3.41. The smallest absolute Gasteiger partial charge is 0.0156 e. The van der Waals surface area contributed by atoms with E-state index in [1.807, 2.05) is 0 Å². The summed E-state index contributed by atoms with van der Waals surface area (Å²) in [5, 5.41) is 0. The molecule has 34 valence electrons. The number of halogens is 2. The van der Waals surface area contributed by atoms with Crippen LogP contribution in [0.2, 0.25) is 0 Å². The summed E-state index contributed by atoms with van der Waals surface area (Å²) in [6.07, 6.45) is 0. The second-order valence-corrected chi connectivity index (χ2v) is 0.756. The summed E-state index contributed by atoms with van der Waals surface area (Å²) >= 11 is 9.75. The Labute approximate surface area is 55.4 Å². The maximum atomic E-state index is 4.87. The number of rotatable bonds is 0. The van der Waals surface area contributed by atoms with Gasteiger partial charge in [-0.1, -0.05) is 23.2 Å². The fourth-order valence-electron chi connectivity index (χ4n) is 0. The van der Waals surface area contributed by atoms with Crippen LogP contribution in [0, 0.1) is 0 Å². The molecule has 0 heterocycles. The van der Waals surface area contributed by atoms with Gasteiger partial charge in [0.15, 0.2) is 0 Å². The summed E-state index contributed by atoms with van der Waals surface area (Å²) < 4.78 is 0.